The van der Waals surface area contributed by atoms with Crippen LogP contribution < -0.4 is 0 Å². The molecule has 0 atom stereocenters. The minimum absolute atomic E-state index is 0.589. The minimum Gasteiger partial charge on any atom is -0.301 e. The average Bonchev–Trinajstić information content (AvgIpc) is 2.20. The molecule has 0 radical (unpaired) electrons. The lowest BCUT2D eigenvalue weighted by molar-refractivity contribution is 0.129. The molecule has 0 aromatic carbocycles. The molecule has 15 heavy (non-hydrogen) atoms. The van der Waals surface area contributed by atoms with Crippen LogP contribution in [-0.2, 0) is 0 Å². The van der Waals surface area contributed by atoms with Crippen LogP contribution in [0.1, 0.15) is 13.8 Å². The lowest BCUT2D eigenvalue weighted by atomic mass is 10.2. The summed E-state index contributed by atoms with van der Waals surface area (Å²) in [5, 5.41) is 0. The van der Waals surface area contributed by atoms with Crippen LogP contribution in [-0.4, -0.2) is 54.9 Å². The van der Waals surface area contributed by atoms with Crippen molar-refractivity contribution in [3.05, 3.63) is 12.2 Å². The van der Waals surface area contributed by atoms with Crippen molar-refractivity contribution in [3.63, 3.8) is 0 Å². The third kappa shape index (κ3) is 5.01. The molecule has 0 aromatic heterocycles. The highest BCUT2D eigenvalue weighted by atomic mass is 35.5. The fourth-order valence-electron chi connectivity index (χ4n) is 2.00. The summed E-state index contributed by atoms with van der Waals surface area (Å²) in [7, 11) is 0. The fraction of sp³-hybridized carbons (Fsp3) is 0.833. The highest BCUT2D eigenvalue weighted by Crippen LogP contribution is 2.07. The smallest absolute Gasteiger partial charge is 0.0443 e. The van der Waals surface area contributed by atoms with Gasteiger partial charge in [-0.3, -0.25) is 4.90 Å². The minimum atomic E-state index is 0.589. The van der Waals surface area contributed by atoms with Gasteiger partial charge in [-0.1, -0.05) is 20.4 Å². The van der Waals surface area contributed by atoms with E-state index in [0.29, 0.717) is 5.88 Å². The van der Waals surface area contributed by atoms with E-state index in [1.54, 1.807) is 0 Å². The van der Waals surface area contributed by atoms with Crippen molar-refractivity contribution in [2.75, 3.05) is 45.1 Å². The third-order valence-corrected chi connectivity index (χ3v) is 3.10. The molecule has 1 saturated heterocycles. The Balaban J connectivity index is 2.20. The summed E-state index contributed by atoms with van der Waals surface area (Å²) in [6, 6.07) is 0. The van der Waals surface area contributed by atoms with Crippen LogP contribution in [0.15, 0.2) is 12.2 Å². The Labute approximate surface area is 98.9 Å². The zero-order valence-electron chi connectivity index (χ0n) is 10.0. The summed E-state index contributed by atoms with van der Waals surface area (Å²) in [6.45, 7) is 15.4. The predicted molar refractivity (Wildman–Crippen MR) is 67.6 cm³/mol. The second-order valence-electron chi connectivity index (χ2n) is 4.85. The number of nitrogens with zero attached hydrogens (tertiary/aromatic N) is 2. The molecule has 3 heteroatoms. The van der Waals surface area contributed by atoms with Gasteiger partial charge in [0.15, 0.2) is 0 Å². The molecule has 1 rings (SSSR count). The highest BCUT2D eigenvalue weighted by molar-refractivity contribution is 6.19. The van der Waals surface area contributed by atoms with Gasteiger partial charge >= 0.3 is 0 Å². The van der Waals surface area contributed by atoms with Crippen molar-refractivity contribution < 1.29 is 0 Å². The second-order valence-corrected chi connectivity index (χ2v) is 5.12. The molecule has 0 saturated carbocycles. The Morgan fingerprint density at radius 1 is 1.20 bits per heavy atom. The number of piperazine rings is 1. The van der Waals surface area contributed by atoms with Crippen molar-refractivity contribution in [1.29, 1.82) is 0 Å². The van der Waals surface area contributed by atoms with E-state index >= 15 is 0 Å². The van der Waals surface area contributed by atoms with Gasteiger partial charge in [0.1, 0.15) is 0 Å². The molecule has 88 valence electrons. The first-order valence-corrected chi connectivity index (χ1v) is 6.32. The molecule has 0 N–H and O–H groups in total. The standard InChI is InChI=1S/C12H23ClN2/c1-11(2)9-14-4-6-15(7-5-14)10-12(3)8-13/h11H,3-10H2,1-2H3. The van der Waals surface area contributed by atoms with Crippen LogP contribution in [0.2, 0.25) is 0 Å². The van der Waals surface area contributed by atoms with Crippen LogP contribution >= 0.6 is 11.6 Å². The van der Waals surface area contributed by atoms with Gasteiger partial charge in [0.05, 0.1) is 0 Å². The molecule has 0 amide bonds. The molecule has 2 nitrogen and oxygen atoms in total. The topological polar surface area (TPSA) is 6.48 Å². The first-order valence-electron chi connectivity index (χ1n) is 5.79. The van der Waals surface area contributed by atoms with Crippen LogP contribution in [0.25, 0.3) is 0 Å². The lowest BCUT2D eigenvalue weighted by Gasteiger charge is -2.35. The average molecular weight is 231 g/mol. The van der Waals surface area contributed by atoms with Crippen molar-refractivity contribution in [3.8, 4) is 0 Å². The van der Waals surface area contributed by atoms with Crippen molar-refractivity contribution in [2.24, 2.45) is 5.92 Å². The van der Waals surface area contributed by atoms with E-state index in [4.69, 9.17) is 11.6 Å². The van der Waals surface area contributed by atoms with Gasteiger partial charge in [0, 0.05) is 45.1 Å². The molecule has 1 fully saturated rings. The maximum Gasteiger partial charge on any atom is 0.0443 e. The van der Waals surface area contributed by atoms with Gasteiger partial charge < -0.3 is 4.90 Å². The van der Waals surface area contributed by atoms with Crippen LogP contribution in [0.4, 0.5) is 0 Å². The van der Waals surface area contributed by atoms with Gasteiger partial charge in [0.25, 0.3) is 0 Å². The van der Waals surface area contributed by atoms with Gasteiger partial charge in [-0.25, -0.2) is 0 Å². The second kappa shape index (κ2) is 6.51. The normalized spacial score (nSPS) is 19.7. The quantitative estimate of drug-likeness (QED) is 0.527. The van der Waals surface area contributed by atoms with E-state index in [0.717, 1.165) is 31.1 Å². The van der Waals surface area contributed by atoms with E-state index in [-0.39, 0.29) is 0 Å². The number of halogens is 1. The Kier molecular flexibility index (Phi) is 5.65. The summed E-state index contributed by atoms with van der Waals surface area (Å²) in [5.41, 5.74) is 1.13. The highest BCUT2D eigenvalue weighted by Gasteiger charge is 2.17. The van der Waals surface area contributed by atoms with Gasteiger partial charge in [-0.2, -0.15) is 0 Å². The number of alkyl halides is 1. The van der Waals surface area contributed by atoms with Gasteiger partial charge in [0.2, 0.25) is 0 Å². The summed E-state index contributed by atoms with van der Waals surface area (Å²) in [6.07, 6.45) is 0. The first-order chi connectivity index (χ1) is 7.11. The van der Waals surface area contributed by atoms with Crippen molar-refractivity contribution in [2.45, 2.75) is 13.8 Å². The Morgan fingerprint density at radius 2 is 1.73 bits per heavy atom. The number of hydrogen-bond acceptors (Lipinski definition) is 2. The van der Waals surface area contributed by atoms with E-state index in [2.05, 4.69) is 30.2 Å². The third-order valence-electron chi connectivity index (χ3n) is 2.72. The molecular weight excluding hydrogens is 208 g/mol. The summed E-state index contributed by atoms with van der Waals surface area (Å²) in [5.74, 6) is 1.36. The summed E-state index contributed by atoms with van der Waals surface area (Å²) in [4.78, 5) is 4.99. The van der Waals surface area contributed by atoms with Crippen molar-refractivity contribution in [1.82, 2.24) is 9.80 Å². The Hall–Kier alpha value is -0.0500. The largest absolute Gasteiger partial charge is 0.301 e. The molecule has 1 aliphatic rings. The number of hydrogen-bond donors (Lipinski definition) is 0. The van der Waals surface area contributed by atoms with Crippen LogP contribution in [0.5, 0.6) is 0 Å². The zero-order chi connectivity index (χ0) is 11.3. The van der Waals surface area contributed by atoms with E-state index < -0.39 is 0 Å². The number of rotatable bonds is 5. The van der Waals surface area contributed by atoms with E-state index in [1.807, 2.05) is 0 Å². The predicted octanol–water partition coefficient (Wildman–Crippen LogP) is 2.06. The molecule has 0 spiro atoms. The molecule has 1 aliphatic heterocycles. The summed E-state index contributed by atoms with van der Waals surface area (Å²) >= 11 is 5.73. The molecule has 0 aliphatic carbocycles. The van der Waals surface area contributed by atoms with Crippen LogP contribution in [0.3, 0.4) is 0 Å². The molecule has 0 bridgehead atoms. The van der Waals surface area contributed by atoms with Crippen LogP contribution in [0, 0.1) is 5.92 Å². The molecule has 1 heterocycles. The molecular formula is C12H23ClN2. The molecule has 0 unspecified atom stereocenters. The first kappa shape index (κ1) is 13.0. The maximum absolute atomic E-state index is 5.73. The van der Waals surface area contributed by atoms with Gasteiger partial charge in [-0.15, -0.1) is 11.6 Å². The lowest BCUT2D eigenvalue weighted by Crippen LogP contribution is -2.47. The Morgan fingerprint density at radius 3 is 2.20 bits per heavy atom. The van der Waals surface area contributed by atoms with Gasteiger partial charge in [-0.05, 0) is 11.5 Å². The zero-order valence-corrected chi connectivity index (χ0v) is 10.8. The SMILES string of the molecule is C=C(CCl)CN1CCN(CC(C)C)CC1. The maximum atomic E-state index is 5.73. The fourth-order valence-corrected chi connectivity index (χ4v) is 2.09. The van der Waals surface area contributed by atoms with Crippen molar-refractivity contribution >= 4 is 11.6 Å². The summed E-state index contributed by atoms with van der Waals surface area (Å²) < 4.78 is 0. The van der Waals surface area contributed by atoms with E-state index in [1.165, 1.54) is 19.6 Å². The monoisotopic (exact) mass is 230 g/mol. The molecule has 0 aromatic rings. The Bertz CT molecular complexity index is 196. The van der Waals surface area contributed by atoms with E-state index in [9.17, 15) is 0 Å².